The second-order valence-electron chi connectivity index (χ2n) is 6.45. The van der Waals surface area contributed by atoms with Gasteiger partial charge in [-0.05, 0) is 31.4 Å². The topological polar surface area (TPSA) is 56.7 Å². The smallest absolute Gasteiger partial charge is 0.243 e. The summed E-state index contributed by atoms with van der Waals surface area (Å²) < 4.78 is 0. The van der Waals surface area contributed by atoms with Crippen molar-refractivity contribution in [1.29, 1.82) is 0 Å². The molecule has 6 heteroatoms. The largest absolute Gasteiger partial charge is 0.355 e. The molecule has 2 fully saturated rings. The summed E-state index contributed by atoms with van der Waals surface area (Å²) in [6.07, 6.45) is 8.95. The molecule has 1 unspecified atom stereocenters. The number of carbonyl (C=O) groups is 1. The number of hydrogen-bond donors (Lipinski definition) is 2. The van der Waals surface area contributed by atoms with Gasteiger partial charge in [0.15, 0.2) is 5.96 Å². The van der Waals surface area contributed by atoms with Gasteiger partial charge in [-0.1, -0.05) is 19.3 Å². The van der Waals surface area contributed by atoms with Gasteiger partial charge in [0.05, 0.1) is 0 Å². The van der Waals surface area contributed by atoms with Crippen LogP contribution in [0, 0.1) is 0 Å². The third-order valence-electron chi connectivity index (χ3n) is 4.34. The van der Waals surface area contributed by atoms with Gasteiger partial charge in [-0.2, -0.15) is 11.8 Å². The SMILES string of the molecule is CN(C)C(=O)CN=C(NCC1CCCS1)NC1CCCCC1. The lowest BCUT2D eigenvalue weighted by atomic mass is 9.96. The number of amides is 1. The van der Waals surface area contributed by atoms with Crippen LogP contribution in [0.5, 0.6) is 0 Å². The Bertz CT molecular complexity index is 374. The van der Waals surface area contributed by atoms with E-state index in [-0.39, 0.29) is 12.5 Å². The highest BCUT2D eigenvalue weighted by atomic mass is 32.2. The Hall–Kier alpha value is -0.910. The number of likely N-dealkylation sites (N-methyl/N-ethyl adjacent to an activating group) is 1. The van der Waals surface area contributed by atoms with Crippen molar-refractivity contribution in [3.63, 3.8) is 0 Å². The van der Waals surface area contributed by atoms with E-state index in [4.69, 9.17) is 0 Å². The zero-order valence-electron chi connectivity index (χ0n) is 13.9. The average molecular weight is 327 g/mol. The number of aliphatic imine (C=N–C) groups is 1. The van der Waals surface area contributed by atoms with Crippen LogP contribution in [0.4, 0.5) is 0 Å². The zero-order valence-corrected chi connectivity index (χ0v) is 14.8. The van der Waals surface area contributed by atoms with E-state index in [1.165, 1.54) is 50.7 Å². The first-order valence-corrected chi connectivity index (χ1v) is 9.56. The first-order valence-electron chi connectivity index (χ1n) is 8.52. The normalized spacial score (nSPS) is 23.4. The van der Waals surface area contributed by atoms with Gasteiger partial charge in [-0.25, -0.2) is 4.99 Å². The van der Waals surface area contributed by atoms with E-state index < -0.39 is 0 Å². The second kappa shape index (κ2) is 9.28. The van der Waals surface area contributed by atoms with Crippen LogP contribution in [0.3, 0.4) is 0 Å². The molecule has 0 aromatic heterocycles. The van der Waals surface area contributed by atoms with E-state index in [0.717, 1.165) is 12.5 Å². The molecule has 0 spiro atoms. The van der Waals surface area contributed by atoms with Gasteiger partial charge in [-0.3, -0.25) is 4.79 Å². The fourth-order valence-electron chi connectivity index (χ4n) is 2.90. The molecule has 0 aromatic rings. The van der Waals surface area contributed by atoms with Crippen molar-refractivity contribution in [3.05, 3.63) is 0 Å². The van der Waals surface area contributed by atoms with E-state index in [0.29, 0.717) is 11.3 Å². The Morgan fingerprint density at radius 3 is 2.59 bits per heavy atom. The van der Waals surface area contributed by atoms with Gasteiger partial charge < -0.3 is 15.5 Å². The molecule has 1 aliphatic heterocycles. The molecule has 2 aliphatic rings. The third kappa shape index (κ3) is 6.07. The summed E-state index contributed by atoms with van der Waals surface area (Å²) >= 11 is 2.04. The Kier molecular flexibility index (Phi) is 7.36. The van der Waals surface area contributed by atoms with Crippen molar-refractivity contribution in [2.24, 2.45) is 4.99 Å². The van der Waals surface area contributed by atoms with Gasteiger partial charge in [0.1, 0.15) is 6.54 Å². The van der Waals surface area contributed by atoms with Gasteiger partial charge in [-0.15, -0.1) is 0 Å². The van der Waals surface area contributed by atoms with Gasteiger partial charge in [0.2, 0.25) is 5.91 Å². The first-order chi connectivity index (χ1) is 10.6. The quantitative estimate of drug-likeness (QED) is 0.598. The highest BCUT2D eigenvalue weighted by Crippen LogP contribution is 2.25. The molecule has 1 amide bonds. The van der Waals surface area contributed by atoms with Gasteiger partial charge in [0.25, 0.3) is 0 Å². The lowest BCUT2D eigenvalue weighted by Crippen LogP contribution is -2.46. The van der Waals surface area contributed by atoms with Crippen molar-refractivity contribution >= 4 is 23.6 Å². The summed E-state index contributed by atoms with van der Waals surface area (Å²) in [5, 5.41) is 7.67. The van der Waals surface area contributed by atoms with E-state index in [1.807, 2.05) is 11.8 Å². The maximum atomic E-state index is 11.8. The zero-order chi connectivity index (χ0) is 15.8. The van der Waals surface area contributed by atoms with E-state index in [2.05, 4.69) is 15.6 Å². The Balaban J connectivity index is 1.86. The van der Waals surface area contributed by atoms with Crippen LogP contribution in [0.15, 0.2) is 4.99 Å². The van der Waals surface area contributed by atoms with Crippen LogP contribution < -0.4 is 10.6 Å². The highest BCUT2D eigenvalue weighted by Gasteiger charge is 2.18. The monoisotopic (exact) mass is 326 g/mol. The van der Waals surface area contributed by atoms with Crippen LogP contribution in [0.25, 0.3) is 0 Å². The van der Waals surface area contributed by atoms with Gasteiger partial charge >= 0.3 is 0 Å². The summed E-state index contributed by atoms with van der Waals surface area (Å²) in [5.41, 5.74) is 0. The minimum absolute atomic E-state index is 0.0417. The molecule has 1 heterocycles. The molecule has 0 bridgehead atoms. The second-order valence-corrected chi connectivity index (χ2v) is 7.86. The minimum Gasteiger partial charge on any atom is -0.355 e. The van der Waals surface area contributed by atoms with E-state index in [1.54, 1.807) is 19.0 Å². The summed E-state index contributed by atoms with van der Waals surface area (Å²) in [4.78, 5) is 17.8. The van der Waals surface area contributed by atoms with Crippen LogP contribution in [0.2, 0.25) is 0 Å². The number of carbonyl (C=O) groups excluding carboxylic acids is 1. The number of thioether (sulfide) groups is 1. The van der Waals surface area contributed by atoms with Crippen LogP contribution in [-0.2, 0) is 4.79 Å². The highest BCUT2D eigenvalue weighted by molar-refractivity contribution is 8.00. The van der Waals surface area contributed by atoms with Crippen molar-refractivity contribution in [3.8, 4) is 0 Å². The van der Waals surface area contributed by atoms with E-state index >= 15 is 0 Å². The van der Waals surface area contributed by atoms with Crippen molar-refractivity contribution in [2.75, 3.05) is 32.9 Å². The summed E-state index contributed by atoms with van der Waals surface area (Å²) in [7, 11) is 3.55. The van der Waals surface area contributed by atoms with Crippen molar-refractivity contribution in [2.45, 2.75) is 56.2 Å². The van der Waals surface area contributed by atoms with Crippen LogP contribution >= 0.6 is 11.8 Å². The number of hydrogen-bond acceptors (Lipinski definition) is 3. The van der Waals surface area contributed by atoms with Crippen LogP contribution in [0.1, 0.15) is 44.9 Å². The predicted molar refractivity (Wildman–Crippen MR) is 94.5 cm³/mol. The first kappa shape index (κ1) is 17.4. The lowest BCUT2D eigenvalue weighted by Gasteiger charge is -2.25. The Morgan fingerprint density at radius 1 is 1.18 bits per heavy atom. The number of rotatable bonds is 5. The maximum absolute atomic E-state index is 11.8. The molecule has 22 heavy (non-hydrogen) atoms. The molecule has 5 nitrogen and oxygen atoms in total. The molecule has 2 rings (SSSR count). The fraction of sp³-hybridized carbons (Fsp3) is 0.875. The predicted octanol–water partition coefficient (Wildman–Crippen LogP) is 1.84. The molecule has 1 atom stereocenters. The molecular weight excluding hydrogens is 296 g/mol. The Labute approximate surface area is 138 Å². The molecule has 2 N–H and O–H groups in total. The maximum Gasteiger partial charge on any atom is 0.243 e. The van der Waals surface area contributed by atoms with Crippen LogP contribution in [-0.4, -0.2) is 61.0 Å². The Morgan fingerprint density at radius 2 is 1.95 bits per heavy atom. The van der Waals surface area contributed by atoms with Gasteiger partial charge in [0, 0.05) is 31.9 Å². The molecule has 0 aromatic carbocycles. The van der Waals surface area contributed by atoms with Crippen molar-refractivity contribution < 1.29 is 4.79 Å². The molecule has 1 aliphatic carbocycles. The molecule has 0 radical (unpaired) electrons. The molecule has 126 valence electrons. The number of nitrogens with one attached hydrogen (secondary N) is 2. The minimum atomic E-state index is 0.0417. The standard InChI is InChI=1S/C16H30N4OS/c1-20(2)15(21)12-18-16(17-11-14-9-6-10-22-14)19-13-7-4-3-5-8-13/h13-14H,3-12H2,1-2H3,(H2,17,18,19). The average Bonchev–Trinajstić information content (AvgIpc) is 3.04. The third-order valence-corrected chi connectivity index (χ3v) is 5.74. The summed E-state index contributed by atoms with van der Waals surface area (Å²) in [5.74, 6) is 2.13. The molecule has 1 saturated carbocycles. The summed E-state index contributed by atoms with van der Waals surface area (Å²) in [6.45, 7) is 1.16. The fourth-order valence-corrected chi connectivity index (χ4v) is 4.10. The number of nitrogens with zero attached hydrogens (tertiary/aromatic N) is 2. The lowest BCUT2D eigenvalue weighted by molar-refractivity contribution is -0.127. The summed E-state index contributed by atoms with van der Waals surface area (Å²) in [6, 6.07) is 0.505. The van der Waals surface area contributed by atoms with Crippen molar-refractivity contribution in [1.82, 2.24) is 15.5 Å². The molecule has 1 saturated heterocycles. The number of guanidine groups is 1. The molecular formula is C16H30N4OS. The van der Waals surface area contributed by atoms with E-state index in [9.17, 15) is 4.79 Å².